The van der Waals surface area contributed by atoms with Gasteiger partial charge in [-0.1, -0.05) is 72.9 Å². The summed E-state index contributed by atoms with van der Waals surface area (Å²) < 4.78 is 0. The average molecular weight is 1880 g/mol. The van der Waals surface area contributed by atoms with Crippen LogP contribution in [0.4, 0.5) is 0 Å². The van der Waals surface area contributed by atoms with Crippen LogP contribution in [-0.2, 0) is 28.8 Å². The molecule has 90 heavy (non-hydrogen) atoms. The van der Waals surface area contributed by atoms with Gasteiger partial charge >= 0.3 is 30.5 Å². The molecular weight excluding hydrogens is 1820 g/mol. The smallest absolute Gasteiger partial charge is 0.412 e. The minimum absolute atomic E-state index is 0. The average Bonchev–Trinajstić information content (AvgIpc) is 3.48. The second-order valence-corrected chi connectivity index (χ2v) is 14.3. The molecule has 42 heteroatoms. The third-order valence-electron chi connectivity index (χ3n) is 8.30. The number of carbonyl (C=O) groups is 6. The number of carbonyl (C=O) groups excluding carboxylic acids is 6. The molecule has 0 aromatic rings. The fourth-order valence-corrected chi connectivity index (χ4v) is 5.12. The first-order chi connectivity index (χ1) is 39.7. The van der Waals surface area contributed by atoms with Crippen molar-refractivity contribution in [2.24, 2.45) is 0 Å². The molecule has 510 valence electrons. The minimum atomic E-state index is -1.25. The van der Waals surface area contributed by atoms with Gasteiger partial charge < -0.3 is 42.9 Å². The predicted octanol–water partition coefficient (Wildman–Crippen LogP) is -0.416. The summed E-state index contributed by atoms with van der Waals surface area (Å²) in [6, 6.07) is 0. The molecule has 0 aromatic carbocycles. The van der Waals surface area contributed by atoms with E-state index >= 15 is 0 Å². The van der Waals surface area contributed by atoms with E-state index in [0.29, 0.717) is 72.7 Å². The van der Waals surface area contributed by atoms with Crippen LogP contribution in [0.25, 0.3) is 0 Å². The summed E-state index contributed by atoms with van der Waals surface area (Å²) in [6.07, 6.45) is 51.3. The van der Waals surface area contributed by atoms with Gasteiger partial charge in [-0.15, -0.1) is 0 Å². The molecule has 38 nitrogen and oxygen atoms in total. The van der Waals surface area contributed by atoms with Crippen LogP contribution in [0, 0.1) is 180 Å². The van der Waals surface area contributed by atoms with Crippen molar-refractivity contribution in [3.05, 3.63) is 246 Å². The molecule has 0 unspecified atom stereocenters. The van der Waals surface area contributed by atoms with Gasteiger partial charge in [0, 0.05) is 261 Å². The molecule has 0 saturated carbocycles. The van der Waals surface area contributed by atoms with Crippen molar-refractivity contribution in [3.8, 4) is 0 Å². The normalized spacial score (nSPS) is 15.6. The first kappa shape index (κ1) is 101. The Kier molecular flexibility index (Phi) is 75.6. The van der Waals surface area contributed by atoms with Gasteiger partial charge in [0.25, 0.3) is 0 Å². The number of ketones is 6. The van der Waals surface area contributed by atoms with Crippen molar-refractivity contribution in [1.29, 1.82) is 0 Å². The van der Waals surface area contributed by atoms with Crippen LogP contribution in [0.1, 0.15) is 0 Å². The zero-order chi connectivity index (χ0) is 64.1. The Bertz CT molecular complexity index is 2400. The summed E-state index contributed by atoms with van der Waals surface area (Å²) >= 11 is 0. The SMILES string of the molecule is O.O.O=C1C=CC=CC1=CNCCNC=C1C=CC=CC1=O.O=C1C=CC=CC1=CNCCNC=C1C=CC=CC1=O.O=C1C=CC=CC1=CNCCNC=C1C=CC=CC1=O.O=[N+](O)O.O=[N+](O)O.O=[N+](O)O.O=[N+](O)O.O=[N+](O)O.O=[N+](O)O.[Ho].[Ho].[Ho].[Ho]. The van der Waals surface area contributed by atoms with Gasteiger partial charge in [-0.3, -0.25) is 28.8 Å². The van der Waals surface area contributed by atoms with Crippen LogP contribution in [0.15, 0.2) is 216 Å². The number of nitrogens with one attached hydrogen (secondary N) is 6. The summed E-state index contributed by atoms with van der Waals surface area (Å²) in [7, 11) is 0. The maximum absolute atomic E-state index is 11.4. The van der Waals surface area contributed by atoms with E-state index in [9.17, 15) is 28.8 Å². The van der Waals surface area contributed by atoms with Crippen molar-refractivity contribution in [2.45, 2.75) is 0 Å². The van der Waals surface area contributed by atoms with Crippen molar-refractivity contribution in [2.75, 3.05) is 39.3 Å². The first-order valence-electron chi connectivity index (χ1n) is 22.8. The maximum Gasteiger partial charge on any atom is 0.472 e. The second kappa shape index (κ2) is 67.2. The third kappa shape index (κ3) is 69.4. The van der Waals surface area contributed by atoms with E-state index in [1.807, 2.05) is 36.5 Å². The van der Waals surface area contributed by atoms with Crippen molar-refractivity contribution in [1.82, 2.24) is 31.9 Å². The fraction of sp³-hybridized carbons (Fsp3) is 0.125. The molecule has 0 aromatic heterocycles. The molecule has 0 fully saturated rings. The Hall–Kier alpha value is -7.70. The molecule has 4 radical (unpaired) electrons. The molecule has 6 aliphatic rings. The summed E-state index contributed by atoms with van der Waals surface area (Å²) in [5.41, 5.74) is 3.84. The van der Waals surface area contributed by atoms with Crippen molar-refractivity contribution >= 4 is 34.7 Å². The topological polar surface area (TPSA) is 601 Å². The van der Waals surface area contributed by atoms with Crippen molar-refractivity contribution < 1.29 is 284 Å². The van der Waals surface area contributed by atoms with Gasteiger partial charge in [-0.25, -0.2) is 62.5 Å². The van der Waals surface area contributed by atoms with Crippen LogP contribution < -0.4 is 31.9 Å². The van der Waals surface area contributed by atoms with Gasteiger partial charge in [0.15, 0.2) is 34.7 Å². The minimum Gasteiger partial charge on any atom is -0.412 e. The van der Waals surface area contributed by atoms with E-state index in [-0.39, 0.29) is 197 Å². The molecule has 0 aliphatic heterocycles. The Labute approximate surface area is 628 Å². The number of rotatable bonds is 15. The molecular formula is C48H64Ho4N12O26+6. The van der Waals surface area contributed by atoms with Gasteiger partial charge in [0.2, 0.25) is 0 Å². The zero-order valence-electron chi connectivity index (χ0n) is 45.7. The van der Waals surface area contributed by atoms with E-state index in [1.54, 1.807) is 110 Å². The van der Waals surface area contributed by atoms with Crippen molar-refractivity contribution in [3.63, 3.8) is 0 Å². The van der Waals surface area contributed by atoms with E-state index in [2.05, 4.69) is 31.9 Å². The zero-order valence-corrected chi connectivity index (χ0v) is 53.5. The van der Waals surface area contributed by atoms with Gasteiger partial charge in [-0.05, 0) is 72.9 Å². The van der Waals surface area contributed by atoms with E-state index in [0.717, 1.165) is 0 Å². The molecule has 0 atom stereocenters. The molecule has 0 spiro atoms. The number of hydrogen-bond donors (Lipinski definition) is 18. The second-order valence-electron chi connectivity index (χ2n) is 14.3. The van der Waals surface area contributed by atoms with Crippen LogP contribution in [0.5, 0.6) is 0 Å². The summed E-state index contributed by atoms with van der Waals surface area (Å²) in [6.45, 7) is 3.95. The van der Waals surface area contributed by atoms with E-state index < -0.39 is 30.5 Å². The van der Waals surface area contributed by atoms with Crippen LogP contribution in [0.2, 0.25) is 0 Å². The molecule has 0 saturated heterocycles. The first-order valence-corrected chi connectivity index (χ1v) is 22.8. The van der Waals surface area contributed by atoms with Gasteiger partial charge in [0.1, 0.15) is 29.4 Å². The van der Waals surface area contributed by atoms with Gasteiger partial charge in [-0.2, -0.15) is 0 Å². The van der Waals surface area contributed by atoms with E-state index in [1.165, 1.54) is 36.5 Å². The Balaban J connectivity index is -0.000000128. The molecule has 0 amide bonds. The van der Waals surface area contributed by atoms with E-state index in [4.69, 9.17) is 91.9 Å². The molecule has 0 bridgehead atoms. The third-order valence-corrected chi connectivity index (χ3v) is 8.30. The standard InChI is InChI=1S/3C16H16N2O2.4Ho.6H2NO3.2H2O/c3*19-15-7-3-1-5-13(15)11-17-9-10-18-12-14-6-2-4-8-16(14)20;;;;;6*2-1(3)4;;/h3*1-8,11-12,17-18H,9-10H2;;;;;6*(H2,2,3,4);2*1H2/q;;;;;;;6*+1;;. The molecule has 6 rings (SSSR count). The quantitative estimate of drug-likeness (QED) is 0.0429. The number of nitrogens with zero attached hydrogens (tertiary/aromatic N) is 6. The Morgan fingerprint density at radius 2 is 0.322 bits per heavy atom. The predicted molar refractivity (Wildman–Crippen MR) is 287 cm³/mol. The monoisotopic (exact) mass is 1880 g/mol. The summed E-state index contributed by atoms with van der Waals surface area (Å²) in [5.74, 6) is -0.00109. The maximum atomic E-state index is 11.4. The number of allylic oxidation sites excluding steroid dienone is 30. The van der Waals surface area contributed by atoms with Crippen LogP contribution in [-0.4, -0.2) is 178 Å². The Morgan fingerprint density at radius 3 is 0.411 bits per heavy atom. The summed E-state index contributed by atoms with van der Waals surface area (Å²) in [5, 5.41) is 93.5. The summed E-state index contributed by atoms with van der Waals surface area (Å²) in [4.78, 5) is 119. The molecule has 6 aliphatic carbocycles. The largest absolute Gasteiger partial charge is 0.472 e. The number of hydrogen-bond acceptors (Lipinski definition) is 18. The Morgan fingerprint density at radius 1 is 0.233 bits per heavy atom. The van der Waals surface area contributed by atoms with Crippen LogP contribution in [0.3, 0.4) is 0 Å². The van der Waals surface area contributed by atoms with Gasteiger partial charge in [0.05, 0.1) is 0 Å². The fourth-order valence-electron chi connectivity index (χ4n) is 5.12. The molecule has 0 heterocycles. The van der Waals surface area contributed by atoms with Crippen LogP contribution >= 0.6 is 0 Å². The molecule has 22 N–H and O–H groups in total.